The van der Waals surface area contributed by atoms with Gasteiger partial charge in [-0.3, -0.25) is 0 Å². The maximum atomic E-state index is 5.47. The molecule has 4 unspecified atom stereocenters. The highest BCUT2D eigenvalue weighted by Crippen LogP contribution is 2.28. The molecule has 0 radical (unpaired) electrons. The second-order valence-corrected chi connectivity index (χ2v) is 5.40. The minimum Gasteiger partial charge on any atom is -0.381 e. The Hall–Kier alpha value is -0.0800. The van der Waals surface area contributed by atoms with E-state index in [1.165, 1.54) is 44.9 Å². The van der Waals surface area contributed by atoms with Gasteiger partial charge in [0.25, 0.3) is 0 Å². The Bertz CT molecular complexity index is 195. The van der Waals surface area contributed by atoms with Gasteiger partial charge in [0.2, 0.25) is 0 Å². The first-order valence-electron chi connectivity index (χ1n) is 6.58. The Labute approximate surface area is 93.8 Å². The van der Waals surface area contributed by atoms with Crippen LogP contribution >= 0.6 is 0 Å². The first kappa shape index (κ1) is 11.4. The molecule has 0 saturated heterocycles. The van der Waals surface area contributed by atoms with Crippen molar-refractivity contribution in [3.05, 3.63) is 0 Å². The highest BCUT2D eigenvalue weighted by molar-refractivity contribution is 4.86. The maximum absolute atomic E-state index is 5.47. The van der Waals surface area contributed by atoms with Crippen LogP contribution in [0.1, 0.15) is 51.9 Å². The van der Waals surface area contributed by atoms with Crippen molar-refractivity contribution in [1.82, 2.24) is 5.32 Å². The average molecular weight is 211 g/mol. The Morgan fingerprint density at radius 2 is 1.87 bits per heavy atom. The van der Waals surface area contributed by atoms with Gasteiger partial charge in [-0.05, 0) is 44.4 Å². The molecule has 0 aliphatic heterocycles. The van der Waals surface area contributed by atoms with Crippen molar-refractivity contribution in [2.24, 2.45) is 5.92 Å². The van der Waals surface area contributed by atoms with Crippen LogP contribution in [-0.4, -0.2) is 25.3 Å². The van der Waals surface area contributed by atoms with E-state index in [1.807, 2.05) is 7.11 Å². The van der Waals surface area contributed by atoms with E-state index in [9.17, 15) is 0 Å². The Balaban J connectivity index is 1.78. The van der Waals surface area contributed by atoms with Crippen molar-refractivity contribution in [3.63, 3.8) is 0 Å². The molecule has 0 aromatic heterocycles. The van der Waals surface area contributed by atoms with Gasteiger partial charge in [-0.1, -0.05) is 13.3 Å². The first-order valence-corrected chi connectivity index (χ1v) is 6.58. The van der Waals surface area contributed by atoms with E-state index in [4.69, 9.17) is 4.74 Å². The molecule has 1 N–H and O–H groups in total. The van der Waals surface area contributed by atoms with E-state index in [0.29, 0.717) is 12.1 Å². The third-order valence-electron chi connectivity index (χ3n) is 4.27. The smallest absolute Gasteiger partial charge is 0.0586 e. The molecular formula is C13H25NO. The summed E-state index contributed by atoms with van der Waals surface area (Å²) in [6.07, 6.45) is 9.88. The van der Waals surface area contributed by atoms with E-state index in [-0.39, 0.29) is 0 Å². The molecule has 88 valence electrons. The van der Waals surface area contributed by atoms with Crippen molar-refractivity contribution in [1.29, 1.82) is 0 Å². The van der Waals surface area contributed by atoms with E-state index in [2.05, 4.69) is 12.2 Å². The van der Waals surface area contributed by atoms with Gasteiger partial charge in [-0.15, -0.1) is 0 Å². The first-order chi connectivity index (χ1) is 7.29. The summed E-state index contributed by atoms with van der Waals surface area (Å²) in [6.45, 7) is 2.39. The van der Waals surface area contributed by atoms with Gasteiger partial charge in [-0.25, -0.2) is 0 Å². The van der Waals surface area contributed by atoms with Gasteiger partial charge in [0, 0.05) is 19.2 Å². The number of hydrogen-bond acceptors (Lipinski definition) is 2. The van der Waals surface area contributed by atoms with Gasteiger partial charge in [0.15, 0.2) is 0 Å². The molecule has 4 atom stereocenters. The van der Waals surface area contributed by atoms with Gasteiger partial charge in [-0.2, -0.15) is 0 Å². The molecule has 0 bridgehead atoms. The summed E-state index contributed by atoms with van der Waals surface area (Å²) in [6, 6.07) is 1.50. The van der Waals surface area contributed by atoms with Crippen molar-refractivity contribution >= 4 is 0 Å². The monoisotopic (exact) mass is 211 g/mol. The number of hydrogen-bond donors (Lipinski definition) is 1. The van der Waals surface area contributed by atoms with E-state index >= 15 is 0 Å². The maximum Gasteiger partial charge on any atom is 0.0586 e. The standard InChI is InChI=1S/C13H25NO/c1-10-5-3-8-13(10)14-11-6-4-7-12(9-11)15-2/h10-14H,3-9H2,1-2H3. The average Bonchev–Trinajstić information content (AvgIpc) is 2.65. The topological polar surface area (TPSA) is 21.3 Å². The van der Waals surface area contributed by atoms with E-state index < -0.39 is 0 Å². The largest absolute Gasteiger partial charge is 0.381 e. The van der Waals surface area contributed by atoms with Crippen LogP contribution in [0.2, 0.25) is 0 Å². The van der Waals surface area contributed by atoms with Crippen LogP contribution in [0.15, 0.2) is 0 Å². The Morgan fingerprint density at radius 1 is 1.07 bits per heavy atom. The third-order valence-corrected chi connectivity index (χ3v) is 4.27. The lowest BCUT2D eigenvalue weighted by atomic mass is 9.91. The van der Waals surface area contributed by atoms with Gasteiger partial charge in [0.05, 0.1) is 6.10 Å². The highest BCUT2D eigenvalue weighted by atomic mass is 16.5. The Kier molecular flexibility index (Phi) is 4.04. The molecule has 0 aromatic carbocycles. The molecule has 2 aliphatic carbocycles. The fraction of sp³-hybridized carbons (Fsp3) is 1.00. The van der Waals surface area contributed by atoms with Crippen molar-refractivity contribution in [3.8, 4) is 0 Å². The summed E-state index contributed by atoms with van der Waals surface area (Å²) >= 11 is 0. The van der Waals surface area contributed by atoms with E-state index in [0.717, 1.165) is 12.0 Å². The summed E-state index contributed by atoms with van der Waals surface area (Å²) in [4.78, 5) is 0. The van der Waals surface area contributed by atoms with Crippen LogP contribution in [0.5, 0.6) is 0 Å². The summed E-state index contributed by atoms with van der Waals surface area (Å²) in [5, 5.41) is 3.85. The fourth-order valence-electron chi connectivity index (χ4n) is 3.21. The van der Waals surface area contributed by atoms with Crippen LogP contribution in [-0.2, 0) is 4.74 Å². The summed E-state index contributed by atoms with van der Waals surface area (Å²) in [5.41, 5.74) is 0. The molecule has 0 aromatic rings. The molecular weight excluding hydrogens is 186 g/mol. The quantitative estimate of drug-likeness (QED) is 0.775. The number of nitrogens with one attached hydrogen (secondary N) is 1. The van der Waals surface area contributed by atoms with E-state index in [1.54, 1.807) is 0 Å². The van der Waals surface area contributed by atoms with Gasteiger partial charge in [0.1, 0.15) is 0 Å². The van der Waals surface area contributed by atoms with Crippen LogP contribution in [0, 0.1) is 5.92 Å². The second-order valence-electron chi connectivity index (χ2n) is 5.40. The number of methoxy groups -OCH3 is 1. The molecule has 0 heterocycles. The lowest BCUT2D eigenvalue weighted by molar-refractivity contribution is 0.0561. The zero-order valence-electron chi connectivity index (χ0n) is 10.2. The molecule has 2 nitrogen and oxygen atoms in total. The van der Waals surface area contributed by atoms with Crippen molar-refractivity contribution in [2.45, 2.75) is 70.1 Å². The summed E-state index contributed by atoms with van der Waals surface area (Å²) in [5.74, 6) is 0.882. The molecule has 2 heteroatoms. The van der Waals surface area contributed by atoms with Crippen LogP contribution in [0.3, 0.4) is 0 Å². The number of ether oxygens (including phenoxy) is 1. The molecule has 2 fully saturated rings. The van der Waals surface area contributed by atoms with Gasteiger partial charge < -0.3 is 10.1 Å². The van der Waals surface area contributed by atoms with Crippen LogP contribution in [0.4, 0.5) is 0 Å². The summed E-state index contributed by atoms with van der Waals surface area (Å²) < 4.78 is 5.47. The van der Waals surface area contributed by atoms with Gasteiger partial charge >= 0.3 is 0 Å². The number of rotatable bonds is 3. The predicted molar refractivity (Wildman–Crippen MR) is 63.0 cm³/mol. The molecule has 0 amide bonds. The summed E-state index contributed by atoms with van der Waals surface area (Å²) in [7, 11) is 1.85. The minimum absolute atomic E-state index is 0.507. The molecule has 2 rings (SSSR count). The zero-order chi connectivity index (χ0) is 10.7. The normalized spacial score (nSPS) is 42.0. The molecule has 0 spiro atoms. The second kappa shape index (κ2) is 5.31. The minimum atomic E-state index is 0.507. The molecule has 2 aliphatic rings. The molecule has 15 heavy (non-hydrogen) atoms. The van der Waals surface area contributed by atoms with Crippen molar-refractivity contribution < 1.29 is 4.74 Å². The van der Waals surface area contributed by atoms with Crippen molar-refractivity contribution in [2.75, 3.05) is 7.11 Å². The highest BCUT2D eigenvalue weighted by Gasteiger charge is 2.28. The zero-order valence-corrected chi connectivity index (χ0v) is 10.2. The fourth-order valence-corrected chi connectivity index (χ4v) is 3.21. The molecule has 2 saturated carbocycles. The Morgan fingerprint density at radius 3 is 2.53 bits per heavy atom. The SMILES string of the molecule is COC1CCCC(NC2CCCC2C)C1. The lowest BCUT2D eigenvalue weighted by Gasteiger charge is -2.32. The third kappa shape index (κ3) is 2.94. The predicted octanol–water partition coefficient (Wildman–Crippen LogP) is 2.72. The lowest BCUT2D eigenvalue weighted by Crippen LogP contribution is -2.43. The van der Waals surface area contributed by atoms with Crippen LogP contribution < -0.4 is 5.32 Å². The van der Waals surface area contributed by atoms with Crippen LogP contribution in [0.25, 0.3) is 0 Å².